The van der Waals surface area contributed by atoms with Gasteiger partial charge in [-0.25, -0.2) is 0 Å². The van der Waals surface area contributed by atoms with Crippen LogP contribution in [0.1, 0.15) is 19.4 Å². The molecule has 0 heterocycles. The summed E-state index contributed by atoms with van der Waals surface area (Å²) >= 11 is 0. The molecule has 0 bridgehead atoms. The van der Waals surface area contributed by atoms with E-state index in [1.807, 2.05) is 13.8 Å². The van der Waals surface area contributed by atoms with E-state index in [0.717, 1.165) is 12.1 Å². The lowest BCUT2D eigenvalue weighted by atomic mass is 10.1. The first kappa shape index (κ1) is 15.0. The minimum atomic E-state index is -0.957. The molecule has 0 aliphatic carbocycles. The molecule has 0 saturated heterocycles. The Bertz CT molecular complexity index is 406. The van der Waals surface area contributed by atoms with E-state index in [1.165, 1.54) is 13.2 Å². The molecular formula is C11H14FNO4. The summed E-state index contributed by atoms with van der Waals surface area (Å²) in [4.78, 5) is 20.3. The van der Waals surface area contributed by atoms with Crippen molar-refractivity contribution in [2.45, 2.75) is 20.3 Å². The molecule has 1 aromatic rings. The fourth-order valence-corrected chi connectivity index (χ4v) is 1.05. The molecule has 94 valence electrons. The summed E-state index contributed by atoms with van der Waals surface area (Å²) in [6.45, 7) is 4.00. The van der Waals surface area contributed by atoms with Crippen molar-refractivity contribution in [3.8, 4) is 0 Å². The van der Waals surface area contributed by atoms with E-state index >= 15 is 0 Å². The number of ether oxygens (including phenoxy) is 1. The third-order valence-corrected chi connectivity index (χ3v) is 1.78. The molecule has 0 aliphatic heterocycles. The topological polar surface area (TPSA) is 69.4 Å². The van der Waals surface area contributed by atoms with Crippen LogP contribution >= 0.6 is 0 Å². The third-order valence-electron chi connectivity index (χ3n) is 1.78. The number of benzene rings is 1. The summed E-state index contributed by atoms with van der Waals surface area (Å²) in [6, 6.07) is 3.29. The Morgan fingerprint density at radius 2 is 2.06 bits per heavy atom. The van der Waals surface area contributed by atoms with Gasteiger partial charge in [0.1, 0.15) is 0 Å². The van der Waals surface area contributed by atoms with Crippen molar-refractivity contribution in [3.05, 3.63) is 39.7 Å². The van der Waals surface area contributed by atoms with Gasteiger partial charge in [0.25, 0.3) is 0 Å². The molecule has 0 aromatic heterocycles. The minimum absolute atomic E-state index is 0.106. The van der Waals surface area contributed by atoms with Gasteiger partial charge in [0.15, 0.2) is 0 Å². The summed E-state index contributed by atoms with van der Waals surface area (Å²) in [6.07, 6.45) is -0.106. The number of rotatable bonds is 3. The Kier molecular flexibility index (Phi) is 6.47. The molecule has 6 heteroatoms. The Labute approximate surface area is 98.4 Å². The molecular weight excluding hydrogens is 229 g/mol. The maximum Gasteiger partial charge on any atom is 0.309 e. The van der Waals surface area contributed by atoms with Gasteiger partial charge in [-0.15, -0.1) is 0 Å². The average Bonchev–Trinajstić information content (AvgIpc) is 2.31. The van der Waals surface area contributed by atoms with Gasteiger partial charge < -0.3 is 4.74 Å². The number of halogens is 1. The second kappa shape index (κ2) is 7.32. The monoisotopic (exact) mass is 243 g/mol. The predicted octanol–water partition coefficient (Wildman–Crippen LogP) is 2.48. The van der Waals surface area contributed by atoms with Gasteiger partial charge in [0, 0.05) is 6.07 Å². The summed E-state index contributed by atoms with van der Waals surface area (Å²) in [7, 11) is 1.21. The largest absolute Gasteiger partial charge is 0.469 e. The van der Waals surface area contributed by atoms with E-state index < -0.39 is 22.4 Å². The Morgan fingerprint density at radius 3 is 2.47 bits per heavy atom. The molecule has 17 heavy (non-hydrogen) atoms. The number of hydrogen-bond donors (Lipinski definition) is 0. The number of esters is 1. The second-order valence-electron chi connectivity index (χ2n) is 2.80. The molecule has 0 atom stereocenters. The molecule has 1 aromatic carbocycles. The Morgan fingerprint density at radius 1 is 1.47 bits per heavy atom. The number of carbonyl (C=O) groups is 1. The van der Waals surface area contributed by atoms with Crippen LogP contribution in [-0.2, 0) is 16.0 Å². The molecule has 0 saturated carbocycles. The lowest BCUT2D eigenvalue weighted by molar-refractivity contribution is -0.387. The first-order chi connectivity index (χ1) is 8.04. The van der Waals surface area contributed by atoms with Crippen LogP contribution in [0.4, 0.5) is 10.1 Å². The second-order valence-corrected chi connectivity index (χ2v) is 2.80. The van der Waals surface area contributed by atoms with E-state index in [0.29, 0.717) is 5.56 Å². The highest BCUT2D eigenvalue weighted by Gasteiger charge is 2.14. The number of nitrogens with zero attached hydrogens (tertiary/aromatic N) is 1. The minimum Gasteiger partial charge on any atom is -0.469 e. The maximum absolute atomic E-state index is 13.1. The highest BCUT2D eigenvalue weighted by Crippen LogP contribution is 2.18. The first-order valence-electron chi connectivity index (χ1n) is 5.04. The van der Waals surface area contributed by atoms with Crippen molar-refractivity contribution in [2.75, 3.05) is 7.11 Å². The number of carbonyl (C=O) groups excluding carboxylic acids is 1. The molecule has 1 rings (SSSR count). The van der Waals surface area contributed by atoms with Crippen LogP contribution < -0.4 is 0 Å². The van der Waals surface area contributed by atoms with Crippen LogP contribution in [0.15, 0.2) is 18.2 Å². The summed E-state index contributed by atoms with van der Waals surface area (Å²) in [5, 5.41) is 10.3. The summed E-state index contributed by atoms with van der Waals surface area (Å²) in [5.74, 6) is -1.48. The van der Waals surface area contributed by atoms with Crippen molar-refractivity contribution in [2.24, 2.45) is 0 Å². The average molecular weight is 243 g/mol. The Balaban J connectivity index is 0.00000121. The van der Waals surface area contributed by atoms with Gasteiger partial charge in [-0.05, 0) is 11.6 Å². The molecule has 0 radical (unpaired) electrons. The SMILES string of the molecule is CC.COC(=O)Cc1ccc([N+](=O)[O-])c(F)c1. The van der Waals surface area contributed by atoms with E-state index in [4.69, 9.17) is 0 Å². The van der Waals surface area contributed by atoms with Crippen molar-refractivity contribution < 1.29 is 18.8 Å². The molecule has 0 spiro atoms. The molecule has 0 unspecified atom stereocenters. The summed E-state index contributed by atoms with van der Waals surface area (Å²) < 4.78 is 17.4. The molecule has 0 N–H and O–H groups in total. The number of methoxy groups -OCH3 is 1. The highest BCUT2D eigenvalue weighted by atomic mass is 19.1. The lowest BCUT2D eigenvalue weighted by Gasteiger charge is -2.00. The van der Waals surface area contributed by atoms with E-state index in [-0.39, 0.29) is 6.42 Å². The zero-order valence-corrected chi connectivity index (χ0v) is 9.90. The van der Waals surface area contributed by atoms with Crippen molar-refractivity contribution in [1.29, 1.82) is 0 Å². The molecule has 0 amide bonds. The van der Waals surface area contributed by atoms with Crippen molar-refractivity contribution in [3.63, 3.8) is 0 Å². The molecule has 0 aliphatic rings. The maximum atomic E-state index is 13.1. The van der Waals surface area contributed by atoms with Gasteiger partial charge in [0.2, 0.25) is 5.82 Å². The van der Waals surface area contributed by atoms with Gasteiger partial charge >= 0.3 is 11.7 Å². The zero-order chi connectivity index (χ0) is 13.4. The zero-order valence-electron chi connectivity index (χ0n) is 9.90. The van der Waals surface area contributed by atoms with E-state index in [1.54, 1.807) is 0 Å². The molecule has 0 fully saturated rings. The molecule has 5 nitrogen and oxygen atoms in total. The van der Waals surface area contributed by atoms with Crippen LogP contribution in [0.2, 0.25) is 0 Å². The number of nitro groups is 1. The van der Waals surface area contributed by atoms with Gasteiger partial charge in [0.05, 0.1) is 18.5 Å². The van der Waals surface area contributed by atoms with Crippen LogP contribution in [0.5, 0.6) is 0 Å². The van der Waals surface area contributed by atoms with Crippen molar-refractivity contribution in [1.82, 2.24) is 0 Å². The lowest BCUT2D eigenvalue weighted by Crippen LogP contribution is -2.05. The number of hydrogen-bond acceptors (Lipinski definition) is 4. The van der Waals surface area contributed by atoms with Crippen LogP contribution in [0.3, 0.4) is 0 Å². The van der Waals surface area contributed by atoms with Crippen LogP contribution in [0.25, 0.3) is 0 Å². The van der Waals surface area contributed by atoms with E-state index in [9.17, 15) is 19.3 Å². The van der Waals surface area contributed by atoms with Crippen molar-refractivity contribution >= 4 is 11.7 Å². The highest BCUT2D eigenvalue weighted by molar-refractivity contribution is 5.72. The van der Waals surface area contributed by atoms with Crippen LogP contribution in [-0.4, -0.2) is 18.0 Å². The third kappa shape index (κ3) is 4.58. The smallest absolute Gasteiger partial charge is 0.309 e. The quantitative estimate of drug-likeness (QED) is 0.464. The van der Waals surface area contributed by atoms with E-state index in [2.05, 4.69) is 4.74 Å². The van der Waals surface area contributed by atoms with Gasteiger partial charge in [-0.3, -0.25) is 14.9 Å². The first-order valence-corrected chi connectivity index (χ1v) is 5.04. The van der Waals surface area contributed by atoms with Gasteiger partial charge in [-0.2, -0.15) is 4.39 Å². The fraction of sp³-hybridized carbons (Fsp3) is 0.364. The standard InChI is InChI=1S/C9H8FNO4.C2H6/c1-15-9(12)5-6-2-3-8(11(13)14)7(10)4-6;1-2/h2-4H,5H2,1H3;1-2H3. The predicted molar refractivity (Wildman–Crippen MR) is 60.1 cm³/mol. The number of nitro benzene ring substituents is 1. The summed E-state index contributed by atoms with van der Waals surface area (Å²) in [5.41, 5.74) is -0.270. The van der Waals surface area contributed by atoms with Gasteiger partial charge in [-0.1, -0.05) is 19.9 Å². The van der Waals surface area contributed by atoms with Crippen LogP contribution in [0, 0.1) is 15.9 Å². The Hall–Kier alpha value is -1.98. The fourth-order valence-electron chi connectivity index (χ4n) is 1.05. The normalized spacial score (nSPS) is 8.94.